The van der Waals surface area contributed by atoms with Crippen LogP contribution in [0.3, 0.4) is 0 Å². The maximum Gasteiger partial charge on any atom is 0.227 e. The van der Waals surface area contributed by atoms with E-state index in [1.807, 2.05) is 17.0 Å². The van der Waals surface area contributed by atoms with Gasteiger partial charge in [-0.15, -0.1) is 0 Å². The quantitative estimate of drug-likeness (QED) is 0.914. The Morgan fingerprint density at radius 1 is 1.50 bits per heavy atom. The second-order valence-corrected chi connectivity index (χ2v) is 6.75. The van der Waals surface area contributed by atoms with Crippen LogP contribution in [0.15, 0.2) is 28.7 Å². The molecule has 1 aromatic rings. The maximum atomic E-state index is 12.7. The van der Waals surface area contributed by atoms with Gasteiger partial charge in [0.15, 0.2) is 0 Å². The third kappa shape index (κ3) is 3.23. The van der Waals surface area contributed by atoms with Gasteiger partial charge in [-0.3, -0.25) is 4.79 Å². The number of likely N-dealkylation sites (tertiary alicyclic amines) is 1. The Morgan fingerprint density at radius 2 is 2.25 bits per heavy atom. The number of hydrogen-bond acceptors (Lipinski definition) is 2. The molecule has 2 unspecified atom stereocenters. The molecule has 2 N–H and O–H groups in total. The van der Waals surface area contributed by atoms with Gasteiger partial charge in [0.05, 0.1) is 12.0 Å². The number of nitrogens with zero attached hydrogens (tertiary/aromatic N) is 1. The predicted molar refractivity (Wildman–Crippen MR) is 85.2 cm³/mol. The van der Waals surface area contributed by atoms with Crippen molar-refractivity contribution in [3.63, 3.8) is 0 Å². The van der Waals surface area contributed by atoms with Gasteiger partial charge in [-0.1, -0.05) is 41.9 Å². The lowest BCUT2D eigenvalue weighted by Gasteiger charge is -2.30. The average Bonchev–Trinajstić information content (AvgIpc) is 2.88. The van der Waals surface area contributed by atoms with Crippen molar-refractivity contribution < 1.29 is 4.79 Å². The number of carbonyl (C=O) groups is 1. The fourth-order valence-corrected chi connectivity index (χ4v) is 3.38. The molecule has 2 atom stereocenters. The standard InChI is InChI=1S/C16H23BrN2O/c1-11(2)14(10-18)16(20)19-8-4-7-15(19)12-5-3-6-13(17)9-12/h3,5-6,9,11,14-15H,4,7-8,10,18H2,1-2H3. The molecule has 1 aromatic carbocycles. The topological polar surface area (TPSA) is 46.3 Å². The predicted octanol–water partition coefficient (Wildman–Crippen LogP) is 3.34. The molecule has 1 fully saturated rings. The molecule has 1 aliphatic rings. The summed E-state index contributed by atoms with van der Waals surface area (Å²) < 4.78 is 1.06. The molecule has 2 rings (SSSR count). The Hall–Kier alpha value is -0.870. The van der Waals surface area contributed by atoms with Crippen LogP contribution in [0.25, 0.3) is 0 Å². The van der Waals surface area contributed by atoms with E-state index in [1.54, 1.807) is 0 Å². The molecule has 1 saturated heterocycles. The maximum absolute atomic E-state index is 12.7. The lowest BCUT2D eigenvalue weighted by atomic mass is 9.93. The third-order valence-corrected chi connectivity index (χ3v) is 4.64. The lowest BCUT2D eigenvalue weighted by molar-refractivity contribution is -0.137. The van der Waals surface area contributed by atoms with E-state index < -0.39 is 0 Å². The molecule has 0 saturated carbocycles. The van der Waals surface area contributed by atoms with Crippen LogP contribution >= 0.6 is 15.9 Å². The first kappa shape index (κ1) is 15.5. The Balaban J connectivity index is 2.21. The Morgan fingerprint density at radius 3 is 2.85 bits per heavy atom. The zero-order valence-electron chi connectivity index (χ0n) is 12.2. The molecule has 0 aliphatic carbocycles. The Bertz CT molecular complexity index is 475. The van der Waals surface area contributed by atoms with Crippen molar-refractivity contribution in [1.29, 1.82) is 0 Å². The number of hydrogen-bond donors (Lipinski definition) is 1. The summed E-state index contributed by atoms with van der Waals surface area (Å²) in [6.07, 6.45) is 2.11. The van der Waals surface area contributed by atoms with Crippen molar-refractivity contribution in [1.82, 2.24) is 4.90 Å². The molecule has 1 amide bonds. The van der Waals surface area contributed by atoms with Crippen molar-refractivity contribution >= 4 is 21.8 Å². The summed E-state index contributed by atoms with van der Waals surface area (Å²) in [6, 6.07) is 8.47. The van der Waals surface area contributed by atoms with E-state index in [-0.39, 0.29) is 23.8 Å². The number of halogens is 1. The lowest BCUT2D eigenvalue weighted by Crippen LogP contribution is -2.41. The van der Waals surface area contributed by atoms with Crippen LogP contribution in [-0.2, 0) is 4.79 Å². The van der Waals surface area contributed by atoms with Crippen LogP contribution in [0, 0.1) is 11.8 Å². The summed E-state index contributed by atoms with van der Waals surface area (Å²) in [5.74, 6) is 0.434. The number of carbonyl (C=O) groups excluding carboxylic acids is 1. The summed E-state index contributed by atoms with van der Waals surface area (Å²) in [5, 5.41) is 0. The molecule has 20 heavy (non-hydrogen) atoms. The van der Waals surface area contributed by atoms with E-state index in [0.29, 0.717) is 6.54 Å². The Labute approximate surface area is 129 Å². The van der Waals surface area contributed by atoms with Crippen LogP contribution in [0.2, 0.25) is 0 Å². The largest absolute Gasteiger partial charge is 0.335 e. The number of amides is 1. The molecule has 0 aromatic heterocycles. The van der Waals surface area contributed by atoms with Crippen molar-refractivity contribution in [2.45, 2.75) is 32.7 Å². The third-order valence-electron chi connectivity index (χ3n) is 4.15. The minimum atomic E-state index is -0.0669. The summed E-state index contributed by atoms with van der Waals surface area (Å²) in [7, 11) is 0. The van der Waals surface area contributed by atoms with Gasteiger partial charge < -0.3 is 10.6 Å². The van der Waals surface area contributed by atoms with Gasteiger partial charge in [-0.25, -0.2) is 0 Å². The fourth-order valence-electron chi connectivity index (χ4n) is 2.96. The summed E-state index contributed by atoms with van der Waals surface area (Å²) in [5.41, 5.74) is 7.01. The highest BCUT2D eigenvalue weighted by atomic mass is 79.9. The highest BCUT2D eigenvalue weighted by Gasteiger charge is 2.34. The van der Waals surface area contributed by atoms with Crippen molar-refractivity contribution in [3.05, 3.63) is 34.3 Å². The number of rotatable bonds is 4. The number of nitrogens with two attached hydrogens (primary N) is 1. The highest BCUT2D eigenvalue weighted by molar-refractivity contribution is 9.10. The smallest absolute Gasteiger partial charge is 0.227 e. The molecule has 0 radical (unpaired) electrons. The van der Waals surface area contributed by atoms with Crippen molar-refractivity contribution in [2.24, 2.45) is 17.6 Å². The van der Waals surface area contributed by atoms with Gasteiger partial charge >= 0.3 is 0 Å². The van der Waals surface area contributed by atoms with Crippen LogP contribution in [0.5, 0.6) is 0 Å². The Kier molecular flexibility index (Phi) is 5.22. The zero-order chi connectivity index (χ0) is 14.7. The molecular formula is C16H23BrN2O. The first-order valence-corrected chi connectivity index (χ1v) is 8.10. The fraction of sp³-hybridized carbons (Fsp3) is 0.562. The molecule has 1 heterocycles. The highest BCUT2D eigenvalue weighted by Crippen LogP contribution is 2.34. The van der Waals surface area contributed by atoms with Crippen LogP contribution in [0.4, 0.5) is 0 Å². The van der Waals surface area contributed by atoms with Crippen LogP contribution in [-0.4, -0.2) is 23.9 Å². The minimum Gasteiger partial charge on any atom is -0.335 e. The molecule has 1 aliphatic heterocycles. The van der Waals surface area contributed by atoms with E-state index in [1.165, 1.54) is 5.56 Å². The van der Waals surface area contributed by atoms with Crippen molar-refractivity contribution in [3.8, 4) is 0 Å². The van der Waals surface area contributed by atoms with Crippen LogP contribution < -0.4 is 5.73 Å². The zero-order valence-corrected chi connectivity index (χ0v) is 13.8. The van der Waals surface area contributed by atoms with Crippen molar-refractivity contribution in [2.75, 3.05) is 13.1 Å². The van der Waals surface area contributed by atoms with Gasteiger partial charge in [-0.2, -0.15) is 0 Å². The normalized spacial score (nSPS) is 20.4. The second-order valence-electron chi connectivity index (χ2n) is 5.83. The minimum absolute atomic E-state index is 0.0669. The van der Waals surface area contributed by atoms with Gasteiger partial charge in [0.25, 0.3) is 0 Å². The van der Waals surface area contributed by atoms with E-state index in [9.17, 15) is 4.79 Å². The van der Waals surface area contributed by atoms with Gasteiger partial charge in [0, 0.05) is 17.6 Å². The van der Waals surface area contributed by atoms with E-state index in [0.717, 1.165) is 23.9 Å². The van der Waals surface area contributed by atoms with Gasteiger partial charge in [0.1, 0.15) is 0 Å². The first-order chi connectivity index (χ1) is 9.54. The van der Waals surface area contributed by atoms with Gasteiger partial charge in [-0.05, 0) is 36.5 Å². The number of benzene rings is 1. The molecule has 3 nitrogen and oxygen atoms in total. The molecule has 0 bridgehead atoms. The SMILES string of the molecule is CC(C)C(CN)C(=O)N1CCCC1c1cccc(Br)c1. The first-order valence-electron chi connectivity index (χ1n) is 7.30. The second kappa shape index (κ2) is 6.72. The monoisotopic (exact) mass is 338 g/mol. The average molecular weight is 339 g/mol. The van der Waals surface area contributed by atoms with E-state index in [4.69, 9.17) is 5.73 Å². The summed E-state index contributed by atoms with van der Waals surface area (Å²) >= 11 is 3.51. The summed E-state index contributed by atoms with van der Waals surface area (Å²) in [4.78, 5) is 14.7. The molecule has 0 spiro atoms. The molecule has 110 valence electrons. The van der Waals surface area contributed by atoms with Gasteiger partial charge in [0.2, 0.25) is 5.91 Å². The molecule has 4 heteroatoms. The summed E-state index contributed by atoms with van der Waals surface area (Å²) in [6.45, 7) is 5.41. The molecular weight excluding hydrogens is 316 g/mol. The van der Waals surface area contributed by atoms with E-state index >= 15 is 0 Å². The van der Waals surface area contributed by atoms with E-state index in [2.05, 4.69) is 41.9 Å². The van der Waals surface area contributed by atoms with Crippen LogP contribution in [0.1, 0.15) is 38.3 Å².